The lowest BCUT2D eigenvalue weighted by atomic mass is 9.82. The minimum Gasteiger partial charge on any atom is -0.356 e. The summed E-state index contributed by atoms with van der Waals surface area (Å²) < 4.78 is 0. The van der Waals surface area contributed by atoms with Crippen LogP contribution in [0.25, 0.3) is 0 Å². The predicted octanol–water partition coefficient (Wildman–Crippen LogP) is 7.59. The van der Waals surface area contributed by atoms with E-state index < -0.39 is 0 Å². The third kappa shape index (κ3) is 9.88. The number of unbranched alkanes of at least 4 members (excludes halogenated alkanes) is 11. The van der Waals surface area contributed by atoms with Gasteiger partial charge in [0.1, 0.15) is 0 Å². The van der Waals surface area contributed by atoms with Crippen molar-refractivity contribution in [3.8, 4) is 0 Å². The summed E-state index contributed by atoms with van der Waals surface area (Å²) >= 11 is 0. The molecule has 32 heavy (non-hydrogen) atoms. The number of amides is 1. The molecule has 1 unspecified atom stereocenters. The Bertz CT molecular complexity index is 682. The molecule has 0 heterocycles. The molecule has 180 valence electrons. The summed E-state index contributed by atoms with van der Waals surface area (Å²) in [5, 5.41) is 3.16. The van der Waals surface area contributed by atoms with E-state index in [0.29, 0.717) is 6.42 Å². The van der Waals surface area contributed by atoms with Crippen LogP contribution >= 0.6 is 0 Å². The van der Waals surface area contributed by atoms with Crippen molar-refractivity contribution in [2.24, 2.45) is 5.92 Å². The fourth-order valence-electron chi connectivity index (χ4n) is 4.80. The number of benzene rings is 1. The van der Waals surface area contributed by atoms with E-state index in [9.17, 15) is 9.59 Å². The van der Waals surface area contributed by atoms with Gasteiger partial charge in [-0.25, -0.2) is 0 Å². The highest BCUT2D eigenvalue weighted by Crippen LogP contribution is 2.27. The Hall–Kier alpha value is -1.64. The number of hydrogen-bond acceptors (Lipinski definition) is 2. The summed E-state index contributed by atoms with van der Waals surface area (Å²) in [6, 6.07) is 6.18. The molecule has 1 amide bonds. The standard InChI is InChI=1S/C29H47NO2/c1-3-5-7-9-11-12-14-16-28(31)26-19-17-25-23-27(20-18-24(25)22-26)29(32)30-21-15-13-10-8-6-4-2/h17,19,22,27H,3-16,18,20-21,23H2,1-2H3,(H,30,32). The average molecular weight is 442 g/mol. The van der Waals surface area contributed by atoms with Crippen LogP contribution in [0.3, 0.4) is 0 Å². The highest BCUT2D eigenvalue weighted by Gasteiger charge is 2.25. The molecule has 2 rings (SSSR count). The van der Waals surface area contributed by atoms with Crippen LogP contribution in [0.4, 0.5) is 0 Å². The van der Waals surface area contributed by atoms with Crippen molar-refractivity contribution in [3.05, 3.63) is 34.9 Å². The van der Waals surface area contributed by atoms with Gasteiger partial charge < -0.3 is 5.32 Å². The van der Waals surface area contributed by atoms with Crippen molar-refractivity contribution in [3.63, 3.8) is 0 Å². The van der Waals surface area contributed by atoms with Crippen molar-refractivity contribution >= 4 is 11.7 Å². The first-order valence-electron chi connectivity index (χ1n) is 13.6. The van der Waals surface area contributed by atoms with Gasteiger partial charge in [0, 0.05) is 24.4 Å². The second kappa shape index (κ2) is 16.0. The molecule has 0 fully saturated rings. The van der Waals surface area contributed by atoms with Crippen LogP contribution < -0.4 is 5.32 Å². The Labute approximate surface area is 197 Å². The van der Waals surface area contributed by atoms with Crippen molar-refractivity contribution in [2.75, 3.05) is 6.54 Å². The number of carbonyl (C=O) groups excluding carboxylic acids is 2. The molecule has 1 aromatic carbocycles. The molecule has 1 aliphatic carbocycles. The number of Topliss-reactive ketones (excluding diaryl/α,β-unsaturated/α-hetero) is 1. The Kier molecular flexibility index (Phi) is 13.3. The molecule has 0 saturated heterocycles. The number of ketones is 1. The second-order valence-electron chi connectivity index (χ2n) is 9.78. The van der Waals surface area contributed by atoms with Gasteiger partial charge in [-0.1, -0.05) is 96.6 Å². The molecule has 0 aromatic heterocycles. The summed E-state index contributed by atoms with van der Waals surface area (Å²) in [6.07, 6.45) is 19.4. The van der Waals surface area contributed by atoms with E-state index in [-0.39, 0.29) is 17.6 Å². The van der Waals surface area contributed by atoms with E-state index >= 15 is 0 Å². The number of carbonyl (C=O) groups is 2. The minimum absolute atomic E-state index is 0.0804. The molecule has 0 saturated carbocycles. The van der Waals surface area contributed by atoms with Gasteiger partial charge >= 0.3 is 0 Å². The number of aryl methyl sites for hydroxylation is 1. The SMILES string of the molecule is CCCCCCCCCC(=O)c1ccc2c(c1)CCC(C(=O)NCCCCCCCC)C2. The van der Waals surface area contributed by atoms with Crippen LogP contribution in [0.5, 0.6) is 0 Å². The highest BCUT2D eigenvalue weighted by molar-refractivity contribution is 5.96. The average Bonchev–Trinajstić information content (AvgIpc) is 2.82. The maximum atomic E-state index is 12.6. The lowest BCUT2D eigenvalue weighted by molar-refractivity contribution is -0.125. The predicted molar refractivity (Wildman–Crippen MR) is 135 cm³/mol. The van der Waals surface area contributed by atoms with Crippen LogP contribution in [-0.2, 0) is 17.6 Å². The van der Waals surface area contributed by atoms with E-state index in [2.05, 4.69) is 31.3 Å². The first-order valence-corrected chi connectivity index (χ1v) is 13.6. The maximum absolute atomic E-state index is 12.6. The molecule has 0 aliphatic heterocycles. The van der Waals surface area contributed by atoms with Crippen molar-refractivity contribution < 1.29 is 9.59 Å². The zero-order valence-electron chi connectivity index (χ0n) is 20.9. The van der Waals surface area contributed by atoms with E-state index in [1.165, 1.54) is 75.3 Å². The molecule has 1 aromatic rings. The number of rotatable bonds is 17. The zero-order valence-corrected chi connectivity index (χ0v) is 20.9. The van der Waals surface area contributed by atoms with Gasteiger partial charge in [0.05, 0.1) is 0 Å². The molecule has 1 N–H and O–H groups in total. The molecule has 1 atom stereocenters. The van der Waals surface area contributed by atoms with Crippen molar-refractivity contribution in [1.82, 2.24) is 5.32 Å². The van der Waals surface area contributed by atoms with E-state index in [0.717, 1.165) is 50.6 Å². The molecule has 0 spiro atoms. The quantitative estimate of drug-likeness (QED) is 0.200. The highest BCUT2D eigenvalue weighted by atomic mass is 16.1. The van der Waals surface area contributed by atoms with Crippen LogP contribution in [0.15, 0.2) is 18.2 Å². The number of nitrogens with one attached hydrogen (secondary N) is 1. The third-order valence-electron chi connectivity index (χ3n) is 6.96. The van der Waals surface area contributed by atoms with Gasteiger partial charge in [-0.3, -0.25) is 9.59 Å². The van der Waals surface area contributed by atoms with E-state index in [1.807, 2.05) is 6.07 Å². The van der Waals surface area contributed by atoms with Crippen LogP contribution in [0.1, 0.15) is 132 Å². The van der Waals surface area contributed by atoms with Gasteiger partial charge in [0.2, 0.25) is 5.91 Å². The van der Waals surface area contributed by atoms with Crippen molar-refractivity contribution in [2.45, 2.75) is 123 Å². The minimum atomic E-state index is 0.0804. The second-order valence-corrected chi connectivity index (χ2v) is 9.78. The normalized spacial score (nSPS) is 15.4. The fraction of sp³-hybridized carbons (Fsp3) is 0.724. The molecule has 3 nitrogen and oxygen atoms in total. The van der Waals surface area contributed by atoms with E-state index in [4.69, 9.17) is 0 Å². The Morgan fingerprint density at radius 2 is 1.44 bits per heavy atom. The summed E-state index contributed by atoms with van der Waals surface area (Å²) in [5.41, 5.74) is 3.39. The van der Waals surface area contributed by atoms with Crippen LogP contribution in [0.2, 0.25) is 0 Å². The van der Waals surface area contributed by atoms with Crippen LogP contribution in [0, 0.1) is 5.92 Å². The van der Waals surface area contributed by atoms with Crippen LogP contribution in [-0.4, -0.2) is 18.2 Å². The molecular weight excluding hydrogens is 394 g/mol. The topological polar surface area (TPSA) is 46.2 Å². The summed E-state index contributed by atoms with van der Waals surface area (Å²) in [4.78, 5) is 25.2. The summed E-state index contributed by atoms with van der Waals surface area (Å²) in [5.74, 6) is 0.570. The summed E-state index contributed by atoms with van der Waals surface area (Å²) in [7, 11) is 0. The van der Waals surface area contributed by atoms with E-state index in [1.54, 1.807) is 0 Å². The molecule has 0 bridgehead atoms. The first-order chi connectivity index (χ1) is 15.7. The Balaban J connectivity index is 1.68. The molecule has 3 heteroatoms. The van der Waals surface area contributed by atoms with Gasteiger partial charge in [0.15, 0.2) is 5.78 Å². The molecule has 0 radical (unpaired) electrons. The number of fused-ring (bicyclic) bond motifs is 1. The smallest absolute Gasteiger partial charge is 0.223 e. The Morgan fingerprint density at radius 1 is 0.812 bits per heavy atom. The van der Waals surface area contributed by atoms with Gasteiger partial charge in [-0.2, -0.15) is 0 Å². The monoisotopic (exact) mass is 441 g/mol. The van der Waals surface area contributed by atoms with Crippen molar-refractivity contribution in [1.29, 1.82) is 0 Å². The lowest BCUT2D eigenvalue weighted by Crippen LogP contribution is -2.34. The largest absolute Gasteiger partial charge is 0.356 e. The maximum Gasteiger partial charge on any atom is 0.223 e. The third-order valence-corrected chi connectivity index (χ3v) is 6.96. The molecule has 1 aliphatic rings. The fourth-order valence-corrected chi connectivity index (χ4v) is 4.80. The molecular formula is C29H47NO2. The zero-order chi connectivity index (χ0) is 23.0. The first kappa shape index (κ1) is 26.6. The number of hydrogen-bond donors (Lipinski definition) is 1. The van der Waals surface area contributed by atoms with Gasteiger partial charge in [-0.05, 0) is 49.3 Å². The lowest BCUT2D eigenvalue weighted by Gasteiger charge is -2.24. The Morgan fingerprint density at radius 3 is 2.12 bits per heavy atom. The van der Waals surface area contributed by atoms with Gasteiger partial charge in [-0.15, -0.1) is 0 Å². The van der Waals surface area contributed by atoms with Gasteiger partial charge in [0.25, 0.3) is 0 Å². The summed E-state index contributed by atoms with van der Waals surface area (Å²) in [6.45, 7) is 5.28.